The third-order valence-corrected chi connectivity index (χ3v) is 4.69. The second kappa shape index (κ2) is 8.27. The summed E-state index contributed by atoms with van der Waals surface area (Å²) in [6.45, 7) is 5.90. The highest BCUT2D eigenvalue weighted by Crippen LogP contribution is 2.18. The quantitative estimate of drug-likeness (QED) is 0.904. The number of anilines is 1. The number of amides is 2. The van der Waals surface area contributed by atoms with Crippen LogP contribution >= 0.6 is 0 Å². The summed E-state index contributed by atoms with van der Waals surface area (Å²) >= 11 is 0. The van der Waals surface area contributed by atoms with Gasteiger partial charge in [0, 0.05) is 32.3 Å². The summed E-state index contributed by atoms with van der Waals surface area (Å²) in [5.74, 6) is 1.29. The van der Waals surface area contributed by atoms with E-state index in [-0.39, 0.29) is 6.03 Å². The molecule has 26 heavy (non-hydrogen) atoms. The summed E-state index contributed by atoms with van der Waals surface area (Å²) in [4.78, 5) is 25.1. The molecule has 1 saturated heterocycles. The molecular formula is C18H26N6O2. The maximum absolute atomic E-state index is 12.5. The summed E-state index contributed by atoms with van der Waals surface area (Å²) < 4.78 is 5.04. The predicted molar refractivity (Wildman–Crippen MR) is 97.7 cm³/mol. The van der Waals surface area contributed by atoms with Crippen LogP contribution < -0.4 is 5.32 Å². The third kappa shape index (κ3) is 4.78. The van der Waals surface area contributed by atoms with Crippen molar-refractivity contribution in [2.24, 2.45) is 0 Å². The fraction of sp³-hybridized carbons (Fsp3) is 0.556. The number of rotatable bonds is 4. The molecule has 1 atom stereocenters. The van der Waals surface area contributed by atoms with Crippen molar-refractivity contribution >= 4 is 11.7 Å². The van der Waals surface area contributed by atoms with Crippen LogP contribution in [0.1, 0.15) is 36.5 Å². The Morgan fingerprint density at radius 3 is 2.92 bits per heavy atom. The van der Waals surface area contributed by atoms with Gasteiger partial charge in [-0.05, 0) is 44.9 Å². The van der Waals surface area contributed by atoms with Crippen LogP contribution in [0.2, 0.25) is 0 Å². The van der Waals surface area contributed by atoms with Crippen molar-refractivity contribution in [2.75, 3.05) is 25.5 Å². The predicted octanol–water partition coefficient (Wildman–Crippen LogP) is 2.60. The monoisotopic (exact) mass is 358 g/mol. The van der Waals surface area contributed by atoms with Gasteiger partial charge in [-0.15, -0.1) is 0 Å². The molecule has 1 aliphatic rings. The minimum atomic E-state index is -0.0607. The van der Waals surface area contributed by atoms with Crippen LogP contribution in [0.3, 0.4) is 0 Å². The first-order valence-corrected chi connectivity index (χ1v) is 8.98. The Morgan fingerprint density at radius 2 is 2.19 bits per heavy atom. The zero-order valence-electron chi connectivity index (χ0n) is 15.6. The number of nitrogens with zero attached hydrogens (tertiary/aromatic N) is 5. The van der Waals surface area contributed by atoms with Crippen molar-refractivity contribution in [3.8, 4) is 0 Å². The van der Waals surface area contributed by atoms with Crippen molar-refractivity contribution in [1.29, 1.82) is 0 Å². The molecule has 0 radical (unpaired) electrons. The molecule has 1 N–H and O–H groups in total. The molecule has 0 saturated carbocycles. The number of carbonyl (C=O) groups excluding carboxylic acids is 1. The van der Waals surface area contributed by atoms with Crippen molar-refractivity contribution in [3.05, 3.63) is 35.7 Å². The zero-order valence-corrected chi connectivity index (χ0v) is 15.6. The molecule has 3 heterocycles. The van der Waals surface area contributed by atoms with Crippen LogP contribution in [-0.4, -0.2) is 57.1 Å². The highest BCUT2D eigenvalue weighted by atomic mass is 16.5. The van der Waals surface area contributed by atoms with E-state index in [1.54, 1.807) is 19.3 Å². The van der Waals surface area contributed by atoms with E-state index in [1.165, 1.54) is 0 Å². The Hall–Kier alpha value is -2.48. The minimum absolute atomic E-state index is 0.0607. The van der Waals surface area contributed by atoms with Crippen LogP contribution in [0.5, 0.6) is 0 Å². The Labute approximate surface area is 153 Å². The van der Waals surface area contributed by atoms with Crippen LogP contribution in [0.4, 0.5) is 10.5 Å². The Balaban J connectivity index is 1.53. The molecule has 0 aliphatic carbocycles. The van der Waals surface area contributed by atoms with Crippen LogP contribution in [0, 0.1) is 13.8 Å². The molecule has 2 aromatic rings. The number of nitrogens with one attached hydrogen (secondary N) is 1. The lowest BCUT2D eigenvalue weighted by molar-refractivity contribution is 0.197. The van der Waals surface area contributed by atoms with Gasteiger partial charge in [0.05, 0.1) is 18.4 Å². The smallest absolute Gasteiger partial charge is 0.321 e. The van der Waals surface area contributed by atoms with Crippen molar-refractivity contribution in [3.63, 3.8) is 0 Å². The van der Waals surface area contributed by atoms with Crippen molar-refractivity contribution in [2.45, 2.75) is 45.7 Å². The maximum Gasteiger partial charge on any atom is 0.321 e. The molecule has 2 aromatic heterocycles. The molecule has 3 rings (SSSR count). The average molecular weight is 358 g/mol. The van der Waals surface area contributed by atoms with Gasteiger partial charge < -0.3 is 14.7 Å². The summed E-state index contributed by atoms with van der Waals surface area (Å²) in [5.41, 5.74) is 1.76. The van der Waals surface area contributed by atoms with Gasteiger partial charge in [0.15, 0.2) is 5.82 Å². The third-order valence-electron chi connectivity index (χ3n) is 4.69. The highest BCUT2D eigenvalue weighted by Gasteiger charge is 2.24. The normalized spacial score (nSPS) is 18.0. The molecule has 0 aromatic carbocycles. The lowest BCUT2D eigenvalue weighted by Gasteiger charge is -2.26. The highest BCUT2D eigenvalue weighted by molar-refractivity contribution is 5.89. The average Bonchev–Trinajstić information content (AvgIpc) is 2.85. The number of hydrogen-bond acceptors (Lipinski definition) is 6. The molecule has 8 heteroatoms. The summed E-state index contributed by atoms with van der Waals surface area (Å²) in [6.07, 6.45) is 6.38. The summed E-state index contributed by atoms with van der Waals surface area (Å²) in [6, 6.07) is 2.26. The SMILES string of the molecule is Cc1cncc(NC(=O)N2CCC[C@H](N(C)Cc3noc(C)n3)CC2)c1. The first-order valence-electron chi connectivity index (χ1n) is 8.98. The van der Waals surface area contributed by atoms with Crippen molar-refractivity contribution in [1.82, 2.24) is 24.9 Å². The molecule has 2 amide bonds. The van der Waals surface area contributed by atoms with E-state index in [1.807, 2.05) is 17.9 Å². The van der Waals surface area contributed by atoms with Gasteiger partial charge >= 0.3 is 6.03 Å². The summed E-state index contributed by atoms with van der Waals surface area (Å²) in [7, 11) is 2.07. The number of likely N-dealkylation sites (tertiary alicyclic amines) is 1. The Bertz CT molecular complexity index is 747. The van der Waals surface area contributed by atoms with Gasteiger partial charge in [-0.25, -0.2) is 4.79 Å². The van der Waals surface area contributed by atoms with Gasteiger partial charge in [0.25, 0.3) is 0 Å². The lowest BCUT2D eigenvalue weighted by Crippen LogP contribution is -2.37. The lowest BCUT2D eigenvalue weighted by atomic mass is 10.1. The minimum Gasteiger partial charge on any atom is -0.340 e. The van der Waals surface area contributed by atoms with E-state index >= 15 is 0 Å². The van der Waals surface area contributed by atoms with Gasteiger partial charge in [-0.1, -0.05) is 5.16 Å². The fourth-order valence-electron chi connectivity index (χ4n) is 3.31. The molecule has 1 fully saturated rings. The first-order chi connectivity index (χ1) is 12.5. The second-order valence-electron chi connectivity index (χ2n) is 6.90. The largest absolute Gasteiger partial charge is 0.340 e. The first kappa shape index (κ1) is 18.3. The van der Waals surface area contributed by atoms with Crippen LogP contribution in [0.25, 0.3) is 0 Å². The number of aromatic nitrogens is 3. The molecule has 0 spiro atoms. The van der Waals surface area contributed by atoms with Gasteiger partial charge in [-0.2, -0.15) is 4.98 Å². The second-order valence-corrected chi connectivity index (χ2v) is 6.90. The van der Waals surface area contributed by atoms with Crippen LogP contribution in [0.15, 0.2) is 23.0 Å². The molecule has 8 nitrogen and oxygen atoms in total. The molecular weight excluding hydrogens is 332 g/mol. The fourth-order valence-corrected chi connectivity index (χ4v) is 3.31. The van der Waals surface area contributed by atoms with E-state index < -0.39 is 0 Å². The maximum atomic E-state index is 12.5. The van der Waals surface area contributed by atoms with Gasteiger partial charge in [-0.3, -0.25) is 9.88 Å². The number of pyridine rings is 1. The van der Waals surface area contributed by atoms with Gasteiger partial charge in [0.1, 0.15) is 0 Å². The van der Waals surface area contributed by atoms with Crippen LogP contribution in [-0.2, 0) is 6.54 Å². The Kier molecular flexibility index (Phi) is 5.82. The number of carbonyl (C=O) groups is 1. The van der Waals surface area contributed by atoms with Gasteiger partial charge in [0.2, 0.25) is 5.89 Å². The topological polar surface area (TPSA) is 87.4 Å². The Morgan fingerprint density at radius 1 is 1.35 bits per heavy atom. The zero-order chi connectivity index (χ0) is 18.5. The number of hydrogen-bond donors (Lipinski definition) is 1. The molecule has 0 bridgehead atoms. The molecule has 1 aliphatic heterocycles. The number of aryl methyl sites for hydroxylation is 2. The summed E-state index contributed by atoms with van der Waals surface area (Å²) in [5, 5.41) is 6.91. The van der Waals surface area contributed by atoms with E-state index in [4.69, 9.17) is 4.52 Å². The van der Waals surface area contributed by atoms with E-state index in [0.717, 1.165) is 43.6 Å². The van der Waals surface area contributed by atoms with E-state index in [2.05, 4.69) is 32.4 Å². The number of urea groups is 1. The molecule has 140 valence electrons. The van der Waals surface area contributed by atoms with E-state index in [0.29, 0.717) is 24.3 Å². The molecule has 0 unspecified atom stereocenters. The van der Waals surface area contributed by atoms with E-state index in [9.17, 15) is 4.79 Å². The standard InChI is InChI=1S/C18H26N6O2/c1-13-9-15(11-19-10-13)21-18(25)24-7-4-5-16(6-8-24)23(3)12-17-20-14(2)26-22-17/h9-11,16H,4-8,12H2,1-3H3,(H,21,25)/t16-/m0/s1. The van der Waals surface area contributed by atoms with Crippen molar-refractivity contribution < 1.29 is 9.32 Å².